The summed E-state index contributed by atoms with van der Waals surface area (Å²) in [6.07, 6.45) is 4.47. The standard InChI is InChI=1S/C10H18O/c1-8(2)10-5-4-9(3)6-11-7-10/h7-9H,4-6H2,1-3H3. The Labute approximate surface area is 69.4 Å². The molecule has 11 heavy (non-hydrogen) atoms. The van der Waals surface area contributed by atoms with Gasteiger partial charge in [-0.2, -0.15) is 0 Å². The third-order valence-electron chi connectivity index (χ3n) is 2.28. The van der Waals surface area contributed by atoms with E-state index in [9.17, 15) is 0 Å². The minimum atomic E-state index is 0.653. The molecular formula is C10H18O. The van der Waals surface area contributed by atoms with Crippen molar-refractivity contribution in [1.29, 1.82) is 0 Å². The second-order valence-corrected chi connectivity index (χ2v) is 3.82. The Hall–Kier alpha value is -0.460. The van der Waals surface area contributed by atoms with Crippen molar-refractivity contribution in [2.24, 2.45) is 11.8 Å². The van der Waals surface area contributed by atoms with Crippen molar-refractivity contribution in [3.63, 3.8) is 0 Å². The van der Waals surface area contributed by atoms with Crippen LogP contribution in [0.15, 0.2) is 11.8 Å². The maximum Gasteiger partial charge on any atom is 0.0898 e. The zero-order valence-corrected chi connectivity index (χ0v) is 7.76. The molecule has 0 aromatic rings. The van der Waals surface area contributed by atoms with Crippen molar-refractivity contribution in [3.8, 4) is 0 Å². The Morgan fingerprint density at radius 3 is 2.91 bits per heavy atom. The molecule has 0 saturated carbocycles. The summed E-state index contributed by atoms with van der Waals surface area (Å²) in [5.41, 5.74) is 1.47. The molecular weight excluding hydrogens is 136 g/mol. The van der Waals surface area contributed by atoms with E-state index in [-0.39, 0.29) is 0 Å². The van der Waals surface area contributed by atoms with Crippen LogP contribution in [0.2, 0.25) is 0 Å². The van der Waals surface area contributed by atoms with Crippen LogP contribution in [0.4, 0.5) is 0 Å². The Balaban J connectivity index is 2.48. The Kier molecular flexibility index (Phi) is 2.98. The molecule has 1 nitrogen and oxygen atoms in total. The molecule has 0 saturated heterocycles. The normalized spacial score (nSPS) is 25.8. The maximum atomic E-state index is 5.42. The lowest BCUT2D eigenvalue weighted by Crippen LogP contribution is -1.99. The summed E-state index contributed by atoms with van der Waals surface area (Å²) in [6, 6.07) is 0. The number of rotatable bonds is 1. The molecule has 1 heterocycles. The van der Waals surface area contributed by atoms with Crippen LogP contribution in [0.5, 0.6) is 0 Å². The minimum absolute atomic E-state index is 0.653. The molecule has 1 aliphatic rings. The average molecular weight is 154 g/mol. The van der Waals surface area contributed by atoms with Crippen molar-refractivity contribution in [1.82, 2.24) is 0 Å². The maximum absolute atomic E-state index is 5.42. The quantitative estimate of drug-likeness (QED) is 0.564. The van der Waals surface area contributed by atoms with E-state index in [0.29, 0.717) is 5.92 Å². The number of ether oxygens (including phenoxy) is 1. The highest BCUT2D eigenvalue weighted by Crippen LogP contribution is 2.22. The monoisotopic (exact) mass is 154 g/mol. The van der Waals surface area contributed by atoms with E-state index >= 15 is 0 Å². The molecule has 1 atom stereocenters. The lowest BCUT2D eigenvalue weighted by atomic mass is 9.96. The van der Waals surface area contributed by atoms with E-state index in [0.717, 1.165) is 12.5 Å². The van der Waals surface area contributed by atoms with Gasteiger partial charge in [-0.1, -0.05) is 20.8 Å². The minimum Gasteiger partial charge on any atom is -0.501 e. The smallest absolute Gasteiger partial charge is 0.0898 e. The molecule has 1 heteroatoms. The molecule has 0 radical (unpaired) electrons. The molecule has 1 rings (SSSR count). The van der Waals surface area contributed by atoms with Crippen LogP contribution in [-0.4, -0.2) is 6.61 Å². The van der Waals surface area contributed by atoms with Gasteiger partial charge in [0.1, 0.15) is 0 Å². The van der Waals surface area contributed by atoms with E-state index in [2.05, 4.69) is 20.8 Å². The van der Waals surface area contributed by atoms with Gasteiger partial charge in [0.25, 0.3) is 0 Å². The zero-order valence-electron chi connectivity index (χ0n) is 7.76. The van der Waals surface area contributed by atoms with Crippen LogP contribution in [0.25, 0.3) is 0 Å². The first-order valence-corrected chi connectivity index (χ1v) is 4.50. The molecule has 1 unspecified atom stereocenters. The van der Waals surface area contributed by atoms with Gasteiger partial charge in [-0.25, -0.2) is 0 Å². The van der Waals surface area contributed by atoms with Crippen LogP contribution < -0.4 is 0 Å². The number of allylic oxidation sites excluding steroid dienone is 1. The lowest BCUT2D eigenvalue weighted by molar-refractivity contribution is 0.206. The van der Waals surface area contributed by atoms with Gasteiger partial charge in [-0.3, -0.25) is 0 Å². The van der Waals surface area contributed by atoms with Crippen LogP contribution in [-0.2, 0) is 4.74 Å². The van der Waals surface area contributed by atoms with Crippen molar-refractivity contribution < 1.29 is 4.74 Å². The summed E-state index contributed by atoms with van der Waals surface area (Å²) in [6.45, 7) is 7.60. The molecule has 0 fully saturated rings. The van der Waals surface area contributed by atoms with Crippen LogP contribution >= 0.6 is 0 Å². The van der Waals surface area contributed by atoms with Gasteiger partial charge in [0.2, 0.25) is 0 Å². The molecule has 1 aliphatic heterocycles. The van der Waals surface area contributed by atoms with Gasteiger partial charge in [0.05, 0.1) is 12.9 Å². The molecule has 0 aliphatic carbocycles. The van der Waals surface area contributed by atoms with Gasteiger partial charge in [0.15, 0.2) is 0 Å². The number of hydrogen-bond acceptors (Lipinski definition) is 1. The first kappa shape index (κ1) is 8.63. The molecule has 0 spiro atoms. The van der Waals surface area contributed by atoms with Gasteiger partial charge in [-0.05, 0) is 30.3 Å². The van der Waals surface area contributed by atoms with Gasteiger partial charge in [0, 0.05) is 0 Å². The molecule has 0 N–H and O–H groups in total. The highest BCUT2D eigenvalue weighted by molar-refractivity contribution is 5.02. The summed E-state index contributed by atoms with van der Waals surface area (Å²) in [5.74, 6) is 1.38. The molecule has 0 aromatic carbocycles. The van der Waals surface area contributed by atoms with Crippen molar-refractivity contribution in [2.75, 3.05) is 6.61 Å². The van der Waals surface area contributed by atoms with E-state index in [4.69, 9.17) is 4.74 Å². The summed E-state index contributed by atoms with van der Waals surface area (Å²) >= 11 is 0. The van der Waals surface area contributed by atoms with Crippen molar-refractivity contribution in [2.45, 2.75) is 33.6 Å². The van der Waals surface area contributed by atoms with E-state index in [1.165, 1.54) is 18.4 Å². The first-order valence-electron chi connectivity index (χ1n) is 4.50. The van der Waals surface area contributed by atoms with E-state index in [1.807, 2.05) is 6.26 Å². The largest absolute Gasteiger partial charge is 0.501 e. The summed E-state index contributed by atoms with van der Waals surface area (Å²) in [7, 11) is 0. The molecule has 0 bridgehead atoms. The third-order valence-corrected chi connectivity index (χ3v) is 2.28. The SMILES string of the molecule is CC1CCC(C(C)C)=COC1. The first-order chi connectivity index (χ1) is 5.20. The molecule has 0 aromatic heterocycles. The second-order valence-electron chi connectivity index (χ2n) is 3.82. The van der Waals surface area contributed by atoms with Crippen LogP contribution in [0.3, 0.4) is 0 Å². The van der Waals surface area contributed by atoms with E-state index < -0.39 is 0 Å². The zero-order chi connectivity index (χ0) is 8.27. The second kappa shape index (κ2) is 3.80. The lowest BCUT2D eigenvalue weighted by Gasteiger charge is -2.07. The van der Waals surface area contributed by atoms with Gasteiger partial charge >= 0.3 is 0 Å². The van der Waals surface area contributed by atoms with Gasteiger partial charge < -0.3 is 4.74 Å². The Bertz CT molecular complexity index is 147. The van der Waals surface area contributed by atoms with E-state index in [1.54, 1.807) is 0 Å². The highest BCUT2D eigenvalue weighted by Gasteiger charge is 2.11. The van der Waals surface area contributed by atoms with Gasteiger partial charge in [-0.15, -0.1) is 0 Å². The summed E-state index contributed by atoms with van der Waals surface area (Å²) < 4.78 is 5.42. The summed E-state index contributed by atoms with van der Waals surface area (Å²) in [4.78, 5) is 0. The fourth-order valence-corrected chi connectivity index (χ4v) is 1.30. The molecule has 0 amide bonds. The predicted octanol–water partition coefficient (Wildman–Crippen LogP) is 2.97. The third kappa shape index (κ3) is 2.57. The van der Waals surface area contributed by atoms with Crippen LogP contribution in [0.1, 0.15) is 33.6 Å². The number of hydrogen-bond donors (Lipinski definition) is 0. The predicted molar refractivity (Wildman–Crippen MR) is 47.3 cm³/mol. The van der Waals surface area contributed by atoms with Crippen molar-refractivity contribution >= 4 is 0 Å². The fraction of sp³-hybridized carbons (Fsp3) is 0.800. The topological polar surface area (TPSA) is 9.23 Å². The molecule has 64 valence electrons. The Morgan fingerprint density at radius 1 is 1.55 bits per heavy atom. The highest BCUT2D eigenvalue weighted by atomic mass is 16.5. The summed E-state index contributed by atoms with van der Waals surface area (Å²) in [5, 5.41) is 0. The van der Waals surface area contributed by atoms with Crippen molar-refractivity contribution in [3.05, 3.63) is 11.8 Å². The van der Waals surface area contributed by atoms with Crippen LogP contribution in [0, 0.1) is 11.8 Å². The average Bonchev–Trinajstić information content (AvgIpc) is 2.13. The Morgan fingerprint density at radius 2 is 2.27 bits per heavy atom. The fourth-order valence-electron chi connectivity index (χ4n) is 1.30.